The van der Waals surface area contributed by atoms with E-state index in [2.05, 4.69) is 5.32 Å². The first kappa shape index (κ1) is 20.5. The van der Waals surface area contributed by atoms with Crippen LogP contribution in [0.4, 0.5) is 13.2 Å². The molecule has 0 aliphatic carbocycles. The molecule has 0 saturated carbocycles. The summed E-state index contributed by atoms with van der Waals surface area (Å²) in [5, 5.41) is 2.51. The molecule has 0 bridgehead atoms. The van der Waals surface area contributed by atoms with Crippen molar-refractivity contribution in [3.05, 3.63) is 28.8 Å². The van der Waals surface area contributed by atoms with Gasteiger partial charge in [-0.1, -0.05) is 11.6 Å². The Morgan fingerprint density at radius 2 is 2.04 bits per heavy atom. The number of halogens is 5. The van der Waals surface area contributed by atoms with E-state index < -0.39 is 26.8 Å². The number of benzene rings is 1. The zero-order chi connectivity index (χ0) is 16.5. The highest BCUT2D eigenvalue weighted by Crippen LogP contribution is 2.35. The maximum absolute atomic E-state index is 12.6. The predicted molar refractivity (Wildman–Crippen MR) is 84.5 cm³/mol. The normalized spacial score (nSPS) is 19.6. The van der Waals surface area contributed by atoms with E-state index in [4.69, 9.17) is 11.6 Å². The van der Waals surface area contributed by atoms with E-state index in [-0.39, 0.29) is 23.3 Å². The van der Waals surface area contributed by atoms with Crippen molar-refractivity contribution >= 4 is 34.0 Å². The van der Waals surface area contributed by atoms with Gasteiger partial charge in [0.05, 0.1) is 10.6 Å². The van der Waals surface area contributed by atoms with Gasteiger partial charge in [0.2, 0.25) is 10.0 Å². The number of nitrogens with one attached hydrogen (secondary N) is 1. The summed E-state index contributed by atoms with van der Waals surface area (Å²) in [6.07, 6.45) is -3.14. The lowest BCUT2D eigenvalue weighted by Crippen LogP contribution is -2.40. The van der Waals surface area contributed by atoms with Crippen LogP contribution in [-0.4, -0.2) is 38.9 Å². The lowest BCUT2D eigenvalue weighted by molar-refractivity contribution is -0.137. The summed E-state index contributed by atoms with van der Waals surface area (Å²) >= 11 is 5.80. The lowest BCUT2D eigenvalue weighted by Gasteiger charge is -2.24. The molecular weight excluding hydrogens is 376 g/mol. The fraction of sp³-hybridized carbons (Fsp3) is 0.538. The minimum atomic E-state index is -4.56. The Balaban J connectivity index is 0.00000264. The Bertz CT molecular complexity index is 653. The third kappa shape index (κ3) is 4.30. The number of likely N-dealkylation sites (N-methyl/N-ethyl adjacent to an activating group) is 1. The molecule has 1 unspecified atom stereocenters. The second kappa shape index (κ2) is 7.57. The molecule has 4 nitrogen and oxygen atoms in total. The number of nitrogens with zero attached hydrogens (tertiary/aromatic N) is 1. The van der Waals surface area contributed by atoms with Crippen molar-refractivity contribution in [1.29, 1.82) is 0 Å². The zero-order valence-corrected chi connectivity index (χ0v) is 14.6. The van der Waals surface area contributed by atoms with E-state index in [9.17, 15) is 21.6 Å². The van der Waals surface area contributed by atoms with Gasteiger partial charge >= 0.3 is 6.18 Å². The van der Waals surface area contributed by atoms with Gasteiger partial charge in [-0.25, -0.2) is 8.42 Å². The molecule has 1 aliphatic heterocycles. The first-order valence-corrected chi connectivity index (χ1v) is 8.53. The maximum Gasteiger partial charge on any atom is 0.416 e. The molecule has 1 atom stereocenters. The molecule has 1 heterocycles. The van der Waals surface area contributed by atoms with Crippen LogP contribution in [0.25, 0.3) is 0 Å². The quantitative estimate of drug-likeness (QED) is 0.855. The second-order valence-corrected chi connectivity index (χ2v) is 7.38. The van der Waals surface area contributed by atoms with Gasteiger partial charge in [0.1, 0.15) is 4.90 Å². The molecule has 0 spiro atoms. The minimum absolute atomic E-state index is 0. The monoisotopic (exact) mass is 392 g/mol. The second-order valence-electron chi connectivity index (χ2n) is 5.11. The fourth-order valence-electron chi connectivity index (χ4n) is 2.58. The van der Waals surface area contributed by atoms with Crippen molar-refractivity contribution in [2.45, 2.75) is 30.0 Å². The van der Waals surface area contributed by atoms with Gasteiger partial charge in [-0.05, 0) is 38.1 Å². The minimum Gasteiger partial charge on any atom is -0.318 e. The van der Waals surface area contributed by atoms with Crippen molar-refractivity contribution in [1.82, 2.24) is 9.62 Å². The molecule has 1 fully saturated rings. The number of hydrogen-bond donors (Lipinski definition) is 1. The average Bonchev–Trinajstić information content (AvgIpc) is 2.86. The standard InChI is InChI=1S/C13H16ClF3N2O2S.ClH/c1-18-8-10-3-2-6-19(10)22(20,21)12-5-4-9(7-11(12)14)13(15,16)17;/h4-5,7,10,18H,2-3,6,8H2,1H3;1H. The molecule has 0 aromatic heterocycles. The third-order valence-electron chi connectivity index (χ3n) is 3.61. The van der Waals surface area contributed by atoms with Crippen LogP contribution >= 0.6 is 24.0 Å². The van der Waals surface area contributed by atoms with E-state index in [1.807, 2.05) is 0 Å². The van der Waals surface area contributed by atoms with Gasteiger partial charge in [0, 0.05) is 19.1 Å². The van der Waals surface area contributed by atoms with Gasteiger partial charge in [-0.3, -0.25) is 0 Å². The van der Waals surface area contributed by atoms with Crippen LogP contribution in [0.5, 0.6) is 0 Å². The molecule has 1 aromatic carbocycles. The average molecular weight is 393 g/mol. The molecule has 1 saturated heterocycles. The molecule has 23 heavy (non-hydrogen) atoms. The topological polar surface area (TPSA) is 49.4 Å². The summed E-state index contributed by atoms with van der Waals surface area (Å²) in [7, 11) is -2.19. The molecule has 1 aliphatic rings. The highest BCUT2D eigenvalue weighted by Gasteiger charge is 2.37. The van der Waals surface area contributed by atoms with Crippen molar-refractivity contribution in [3.8, 4) is 0 Å². The Kier molecular flexibility index (Phi) is 6.74. The van der Waals surface area contributed by atoms with Crippen molar-refractivity contribution in [3.63, 3.8) is 0 Å². The van der Waals surface area contributed by atoms with E-state index in [1.54, 1.807) is 7.05 Å². The Labute approximate surface area is 144 Å². The van der Waals surface area contributed by atoms with Crippen LogP contribution in [-0.2, 0) is 16.2 Å². The number of sulfonamides is 1. The summed E-state index contributed by atoms with van der Waals surface area (Å²) in [4.78, 5) is -0.287. The van der Waals surface area contributed by atoms with Crippen LogP contribution in [0.2, 0.25) is 5.02 Å². The SMILES string of the molecule is CNCC1CCCN1S(=O)(=O)c1ccc(C(F)(F)F)cc1Cl.Cl. The summed E-state index contributed by atoms with van der Waals surface area (Å²) in [6, 6.07) is 2.10. The Morgan fingerprint density at radius 1 is 1.39 bits per heavy atom. The van der Waals surface area contributed by atoms with Gasteiger partial charge in [0.15, 0.2) is 0 Å². The van der Waals surface area contributed by atoms with Crippen LogP contribution in [0.1, 0.15) is 18.4 Å². The van der Waals surface area contributed by atoms with E-state index in [1.165, 1.54) is 4.31 Å². The molecule has 1 N–H and O–H groups in total. The Hall–Kier alpha value is -0.540. The third-order valence-corrected chi connectivity index (χ3v) is 6.04. The first-order valence-electron chi connectivity index (χ1n) is 6.71. The van der Waals surface area contributed by atoms with Gasteiger partial charge in [-0.2, -0.15) is 17.5 Å². The molecule has 10 heteroatoms. The van der Waals surface area contributed by atoms with Crippen molar-refractivity contribution in [2.24, 2.45) is 0 Å². The van der Waals surface area contributed by atoms with Gasteiger partial charge in [-0.15, -0.1) is 12.4 Å². The molecule has 0 amide bonds. The molecule has 132 valence electrons. The smallest absolute Gasteiger partial charge is 0.318 e. The molecule has 2 rings (SSSR count). The summed E-state index contributed by atoms with van der Waals surface area (Å²) in [6.45, 7) is 0.823. The summed E-state index contributed by atoms with van der Waals surface area (Å²) in [5.41, 5.74) is -0.968. The van der Waals surface area contributed by atoms with Crippen LogP contribution in [0.15, 0.2) is 23.1 Å². The van der Waals surface area contributed by atoms with E-state index >= 15 is 0 Å². The van der Waals surface area contributed by atoms with Crippen molar-refractivity contribution < 1.29 is 21.6 Å². The van der Waals surface area contributed by atoms with Crippen molar-refractivity contribution in [2.75, 3.05) is 20.1 Å². The number of rotatable bonds is 4. The fourth-order valence-corrected chi connectivity index (χ4v) is 4.79. The van der Waals surface area contributed by atoms with E-state index in [0.29, 0.717) is 32.0 Å². The molecule has 1 aromatic rings. The lowest BCUT2D eigenvalue weighted by atomic mass is 10.2. The van der Waals surface area contributed by atoms with E-state index in [0.717, 1.165) is 12.1 Å². The highest BCUT2D eigenvalue weighted by molar-refractivity contribution is 7.89. The Morgan fingerprint density at radius 3 is 2.57 bits per heavy atom. The van der Waals surface area contributed by atoms with Gasteiger partial charge in [0.25, 0.3) is 0 Å². The predicted octanol–water partition coefficient (Wildman–Crippen LogP) is 3.15. The first-order chi connectivity index (χ1) is 10.2. The molecule has 0 radical (unpaired) electrons. The van der Waals surface area contributed by atoms with Gasteiger partial charge < -0.3 is 5.32 Å². The largest absolute Gasteiger partial charge is 0.416 e. The highest BCUT2D eigenvalue weighted by atomic mass is 35.5. The maximum atomic E-state index is 12.6. The zero-order valence-electron chi connectivity index (χ0n) is 12.2. The number of alkyl halides is 3. The van der Waals surface area contributed by atoms with Crippen LogP contribution in [0, 0.1) is 0 Å². The van der Waals surface area contributed by atoms with Crippen LogP contribution < -0.4 is 5.32 Å². The number of hydrogen-bond acceptors (Lipinski definition) is 3. The summed E-state index contributed by atoms with van der Waals surface area (Å²) in [5.74, 6) is 0. The van der Waals surface area contributed by atoms with Crippen LogP contribution in [0.3, 0.4) is 0 Å². The summed E-state index contributed by atoms with van der Waals surface area (Å²) < 4.78 is 64.5. The molecular formula is C13H17Cl2F3N2O2S.